The molecular formula is C13H21N5O2. The summed E-state index contributed by atoms with van der Waals surface area (Å²) in [4.78, 5) is 28.5. The number of carbonyl (C=O) groups excluding carboxylic acids is 2. The predicted molar refractivity (Wildman–Crippen MR) is 75.2 cm³/mol. The average Bonchev–Trinajstić information content (AvgIpc) is 2.37. The highest BCUT2D eigenvalue weighted by atomic mass is 16.2. The van der Waals surface area contributed by atoms with Gasteiger partial charge in [0, 0.05) is 19.3 Å². The van der Waals surface area contributed by atoms with Crippen LogP contribution in [-0.4, -0.2) is 34.8 Å². The predicted octanol–water partition coefficient (Wildman–Crippen LogP) is -0.372. The lowest BCUT2D eigenvalue weighted by Crippen LogP contribution is -2.36. The number of nitrogens with zero attached hydrogens (tertiary/aromatic N) is 2. The van der Waals surface area contributed by atoms with Crippen molar-refractivity contribution < 1.29 is 9.59 Å². The third-order valence-corrected chi connectivity index (χ3v) is 2.61. The fourth-order valence-electron chi connectivity index (χ4n) is 1.89. The first-order chi connectivity index (χ1) is 9.42. The molecule has 1 rings (SSSR count). The molecule has 20 heavy (non-hydrogen) atoms. The van der Waals surface area contributed by atoms with Crippen LogP contribution >= 0.6 is 0 Å². The summed E-state index contributed by atoms with van der Waals surface area (Å²) in [6, 6.07) is 3.38. The SMILES string of the molecule is CC(C)CN(CC(N)=O)Cc1ccc(C(=O)NN)cn1. The zero-order chi connectivity index (χ0) is 15.1. The number of rotatable bonds is 7. The summed E-state index contributed by atoms with van der Waals surface area (Å²) in [5, 5.41) is 0. The van der Waals surface area contributed by atoms with E-state index >= 15 is 0 Å². The Hall–Kier alpha value is -1.99. The Labute approximate surface area is 118 Å². The smallest absolute Gasteiger partial charge is 0.266 e. The van der Waals surface area contributed by atoms with Crippen molar-refractivity contribution in [1.29, 1.82) is 0 Å². The lowest BCUT2D eigenvalue weighted by Gasteiger charge is -2.22. The number of aromatic nitrogens is 1. The van der Waals surface area contributed by atoms with Crippen molar-refractivity contribution in [2.24, 2.45) is 17.5 Å². The molecule has 0 aliphatic rings. The minimum atomic E-state index is -0.389. The van der Waals surface area contributed by atoms with Crippen LogP contribution in [0.5, 0.6) is 0 Å². The normalized spacial score (nSPS) is 10.8. The minimum Gasteiger partial charge on any atom is -0.369 e. The number of nitrogen functional groups attached to an aromatic ring is 1. The molecule has 0 fully saturated rings. The summed E-state index contributed by atoms with van der Waals surface area (Å²) in [6.07, 6.45) is 1.45. The number of primary amides is 1. The number of hydrogen-bond donors (Lipinski definition) is 3. The van der Waals surface area contributed by atoms with Gasteiger partial charge in [-0.25, -0.2) is 5.84 Å². The van der Waals surface area contributed by atoms with Crippen LogP contribution in [0.3, 0.4) is 0 Å². The number of nitrogens with one attached hydrogen (secondary N) is 1. The van der Waals surface area contributed by atoms with E-state index in [0.29, 0.717) is 18.0 Å². The second kappa shape index (κ2) is 7.56. The first kappa shape index (κ1) is 16.1. The number of pyridine rings is 1. The molecule has 7 heteroatoms. The molecule has 0 spiro atoms. The van der Waals surface area contributed by atoms with Gasteiger partial charge in [0.1, 0.15) is 0 Å². The van der Waals surface area contributed by atoms with Gasteiger partial charge in [0.2, 0.25) is 5.91 Å². The quantitative estimate of drug-likeness (QED) is 0.358. The van der Waals surface area contributed by atoms with Crippen molar-refractivity contribution in [2.45, 2.75) is 20.4 Å². The Morgan fingerprint density at radius 1 is 1.40 bits per heavy atom. The highest BCUT2D eigenvalue weighted by Gasteiger charge is 2.12. The molecule has 110 valence electrons. The fourth-order valence-corrected chi connectivity index (χ4v) is 1.89. The zero-order valence-corrected chi connectivity index (χ0v) is 11.8. The third kappa shape index (κ3) is 5.33. The summed E-state index contributed by atoms with van der Waals surface area (Å²) in [7, 11) is 0. The van der Waals surface area contributed by atoms with Crippen LogP contribution in [0.15, 0.2) is 18.3 Å². The fraction of sp³-hybridized carbons (Fsp3) is 0.462. The lowest BCUT2D eigenvalue weighted by molar-refractivity contribution is -0.119. The molecular weight excluding hydrogens is 258 g/mol. The molecule has 0 saturated heterocycles. The Kier molecular flexibility index (Phi) is 6.08. The number of carbonyl (C=O) groups is 2. The van der Waals surface area contributed by atoms with Crippen LogP contribution in [0.4, 0.5) is 0 Å². The summed E-state index contributed by atoms with van der Waals surface area (Å²) >= 11 is 0. The largest absolute Gasteiger partial charge is 0.369 e. The summed E-state index contributed by atoms with van der Waals surface area (Å²) in [6.45, 7) is 5.57. The Bertz CT molecular complexity index is 458. The van der Waals surface area contributed by atoms with Crippen LogP contribution in [-0.2, 0) is 11.3 Å². The van der Waals surface area contributed by atoms with E-state index in [1.54, 1.807) is 12.1 Å². The van der Waals surface area contributed by atoms with Crippen molar-refractivity contribution in [2.75, 3.05) is 13.1 Å². The van der Waals surface area contributed by atoms with Gasteiger partial charge in [-0.2, -0.15) is 0 Å². The Balaban J connectivity index is 2.72. The summed E-state index contributed by atoms with van der Waals surface area (Å²) in [5.41, 5.74) is 8.43. The highest BCUT2D eigenvalue weighted by molar-refractivity contribution is 5.93. The van der Waals surface area contributed by atoms with Crippen molar-refractivity contribution in [3.05, 3.63) is 29.6 Å². The second-order valence-corrected chi connectivity index (χ2v) is 5.04. The van der Waals surface area contributed by atoms with Crippen LogP contribution in [0.2, 0.25) is 0 Å². The second-order valence-electron chi connectivity index (χ2n) is 5.04. The molecule has 2 amide bonds. The standard InChI is InChI=1S/C13H21N5O2/c1-9(2)6-18(8-12(14)19)7-11-4-3-10(5-16-11)13(20)17-15/h3-5,9H,6-8,15H2,1-2H3,(H2,14,19)(H,17,20). The molecule has 0 bridgehead atoms. The van der Waals surface area contributed by atoms with E-state index in [2.05, 4.69) is 18.8 Å². The van der Waals surface area contributed by atoms with E-state index < -0.39 is 0 Å². The number of nitrogens with two attached hydrogens (primary N) is 2. The van der Waals surface area contributed by atoms with Gasteiger partial charge >= 0.3 is 0 Å². The monoisotopic (exact) mass is 279 g/mol. The van der Waals surface area contributed by atoms with Gasteiger partial charge in [0.15, 0.2) is 0 Å². The molecule has 0 aliphatic heterocycles. The summed E-state index contributed by atoms with van der Waals surface area (Å²) in [5.74, 6) is 4.70. The van der Waals surface area contributed by atoms with Crippen molar-refractivity contribution in [3.63, 3.8) is 0 Å². The molecule has 1 aromatic heterocycles. The van der Waals surface area contributed by atoms with Crippen molar-refractivity contribution in [1.82, 2.24) is 15.3 Å². The highest BCUT2D eigenvalue weighted by Crippen LogP contribution is 2.06. The molecule has 0 aromatic carbocycles. The Morgan fingerprint density at radius 3 is 2.55 bits per heavy atom. The number of hydrogen-bond acceptors (Lipinski definition) is 5. The molecule has 7 nitrogen and oxygen atoms in total. The number of amides is 2. The van der Waals surface area contributed by atoms with Gasteiger partial charge in [0.25, 0.3) is 5.91 Å². The van der Waals surface area contributed by atoms with Gasteiger partial charge in [-0.1, -0.05) is 13.8 Å². The van der Waals surface area contributed by atoms with Gasteiger partial charge < -0.3 is 5.73 Å². The van der Waals surface area contributed by atoms with Crippen molar-refractivity contribution in [3.8, 4) is 0 Å². The average molecular weight is 279 g/mol. The molecule has 0 unspecified atom stereocenters. The van der Waals surface area contributed by atoms with Gasteiger partial charge in [0.05, 0.1) is 17.8 Å². The van der Waals surface area contributed by atoms with Crippen LogP contribution in [0.1, 0.15) is 29.9 Å². The van der Waals surface area contributed by atoms with Gasteiger partial charge in [-0.3, -0.25) is 24.9 Å². The summed E-state index contributed by atoms with van der Waals surface area (Å²) < 4.78 is 0. The molecule has 1 aromatic rings. The lowest BCUT2D eigenvalue weighted by atomic mass is 10.2. The molecule has 0 aliphatic carbocycles. The van der Waals surface area contributed by atoms with E-state index in [1.165, 1.54) is 6.20 Å². The van der Waals surface area contributed by atoms with E-state index in [0.717, 1.165) is 12.2 Å². The molecule has 0 radical (unpaired) electrons. The Morgan fingerprint density at radius 2 is 2.10 bits per heavy atom. The molecule has 0 atom stereocenters. The minimum absolute atomic E-state index is 0.185. The van der Waals surface area contributed by atoms with Gasteiger partial charge in [-0.15, -0.1) is 0 Å². The third-order valence-electron chi connectivity index (χ3n) is 2.61. The number of hydrazine groups is 1. The van der Waals surface area contributed by atoms with Gasteiger partial charge in [-0.05, 0) is 18.1 Å². The van der Waals surface area contributed by atoms with E-state index in [9.17, 15) is 9.59 Å². The topological polar surface area (TPSA) is 114 Å². The van der Waals surface area contributed by atoms with E-state index in [4.69, 9.17) is 11.6 Å². The molecule has 5 N–H and O–H groups in total. The van der Waals surface area contributed by atoms with E-state index in [1.807, 2.05) is 10.3 Å². The molecule has 1 heterocycles. The maximum absolute atomic E-state index is 11.3. The maximum Gasteiger partial charge on any atom is 0.266 e. The van der Waals surface area contributed by atoms with Crippen LogP contribution in [0, 0.1) is 5.92 Å². The first-order valence-corrected chi connectivity index (χ1v) is 6.39. The first-order valence-electron chi connectivity index (χ1n) is 6.39. The zero-order valence-electron chi connectivity index (χ0n) is 11.8. The maximum atomic E-state index is 11.3. The molecule has 0 saturated carbocycles. The van der Waals surface area contributed by atoms with Crippen LogP contribution in [0.25, 0.3) is 0 Å². The van der Waals surface area contributed by atoms with Crippen LogP contribution < -0.4 is 17.0 Å². The van der Waals surface area contributed by atoms with E-state index in [-0.39, 0.29) is 18.4 Å². The van der Waals surface area contributed by atoms with Crippen molar-refractivity contribution >= 4 is 11.8 Å².